The van der Waals surface area contributed by atoms with Crippen LogP contribution >= 0.6 is 0 Å². The van der Waals surface area contributed by atoms with Crippen LogP contribution < -0.4 is 4.90 Å². The molecule has 1 heteroatoms. The van der Waals surface area contributed by atoms with Crippen LogP contribution in [0, 0.1) is 0 Å². The number of rotatable bonds is 4. The first-order chi connectivity index (χ1) is 16.4. The molecule has 6 rings (SSSR count). The van der Waals surface area contributed by atoms with Gasteiger partial charge in [-0.15, -0.1) is 0 Å². The molecule has 6 aromatic rings. The maximum atomic E-state index is 2.34. The van der Waals surface area contributed by atoms with E-state index in [1.165, 1.54) is 38.4 Å². The van der Waals surface area contributed by atoms with E-state index in [4.69, 9.17) is 0 Å². The number of para-hydroxylation sites is 2. The van der Waals surface area contributed by atoms with Gasteiger partial charge in [0.15, 0.2) is 0 Å². The first-order valence-electron chi connectivity index (χ1n) is 11.3. The summed E-state index contributed by atoms with van der Waals surface area (Å²) in [4.78, 5) is 2.34. The lowest BCUT2D eigenvalue weighted by Crippen LogP contribution is -2.10. The van der Waals surface area contributed by atoms with Gasteiger partial charge in [0.05, 0.1) is 5.69 Å². The summed E-state index contributed by atoms with van der Waals surface area (Å²) in [5.74, 6) is 0. The zero-order valence-electron chi connectivity index (χ0n) is 18.2. The van der Waals surface area contributed by atoms with Crippen molar-refractivity contribution in [2.75, 3.05) is 4.90 Å². The SMILES string of the molecule is c1ccc(-c2cccc3c2ccc2c(N(c4ccccc4)c4ccccc4)cccc23)cc1. The van der Waals surface area contributed by atoms with Gasteiger partial charge in [0.25, 0.3) is 0 Å². The van der Waals surface area contributed by atoms with Crippen LogP contribution in [-0.4, -0.2) is 0 Å². The minimum atomic E-state index is 1.15. The van der Waals surface area contributed by atoms with E-state index < -0.39 is 0 Å². The zero-order valence-corrected chi connectivity index (χ0v) is 18.2. The predicted molar refractivity (Wildman–Crippen MR) is 142 cm³/mol. The predicted octanol–water partition coefficient (Wildman–Crippen LogP) is 9.13. The Hall–Kier alpha value is -4.36. The Morgan fingerprint density at radius 3 is 1.48 bits per heavy atom. The molecule has 156 valence electrons. The van der Waals surface area contributed by atoms with Crippen LogP contribution in [0.4, 0.5) is 17.1 Å². The Labute approximate surface area is 194 Å². The lowest BCUT2D eigenvalue weighted by molar-refractivity contribution is 1.30. The molecule has 0 aliphatic heterocycles. The highest BCUT2D eigenvalue weighted by Gasteiger charge is 2.16. The minimum absolute atomic E-state index is 1.15. The van der Waals surface area contributed by atoms with Gasteiger partial charge in [0.2, 0.25) is 0 Å². The molecule has 0 aliphatic carbocycles. The van der Waals surface area contributed by atoms with Crippen molar-refractivity contribution in [1.82, 2.24) is 0 Å². The van der Waals surface area contributed by atoms with E-state index in [2.05, 4.69) is 144 Å². The van der Waals surface area contributed by atoms with Crippen molar-refractivity contribution in [1.29, 1.82) is 0 Å². The van der Waals surface area contributed by atoms with Gasteiger partial charge in [-0.05, 0) is 57.6 Å². The summed E-state index contributed by atoms with van der Waals surface area (Å²) >= 11 is 0. The maximum Gasteiger partial charge on any atom is 0.0540 e. The third kappa shape index (κ3) is 3.44. The molecule has 0 saturated heterocycles. The van der Waals surface area contributed by atoms with E-state index in [0.717, 1.165) is 11.4 Å². The molecular weight excluding hydrogens is 398 g/mol. The van der Waals surface area contributed by atoms with Crippen LogP contribution in [-0.2, 0) is 0 Å². The summed E-state index contributed by atoms with van der Waals surface area (Å²) in [5.41, 5.74) is 5.98. The molecular formula is C32H23N. The topological polar surface area (TPSA) is 3.24 Å². The molecule has 0 aliphatic rings. The summed E-state index contributed by atoms with van der Waals surface area (Å²) in [7, 11) is 0. The molecule has 0 fully saturated rings. The van der Waals surface area contributed by atoms with E-state index >= 15 is 0 Å². The van der Waals surface area contributed by atoms with Crippen molar-refractivity contribution in [3.8, 4) is 11.1 Å². The van der Waals surface area contributed by atoms with E-state index in [0.29, 0.717) is 0 Å². The van der Waals surface area contributed by atoms with Crippen LogP contribution in [0.5, 0.6) is 0 Å². The van der Waals surface area contributed by atoms with Gasteiger partial charge in [0.1, 0.15) is 0 Å². The molecule has 0 heterocycles. The Morgan fingerprint density at radius 2 is 0.848 bits per heavy atom. The molecule has 0 aromatic heterocycles. The second kappa shape index (κ2) is 8.29. The molecule has 0 radical (unpaired) electrons. The molecule has 1 nitrogen and oxygen atoms in total. The van der Waals surface area contributed by atoms with Crippen LogP contribution in [0.1, 0.15) is 0 Å². The standard InChI is InChI=1S/C32H23N/c1-4-12-24(13-5-1)27-18-10-19-28-29-20-11-21-32(31(29)23-22-30(27)28)33(25-14-6-2-7-15-25)26-16-8-3-9-17-26/h1-23H. The van der Waals surface area contributed by atoms with Crippen LogP contribution in [0.3, 0.4) is 0 Å². The highest BCUT2D eigenvalue weighted by molar-refractivity contribution is 6.15. The smallest absolute Gasteiger partial charge is 0.0540 e. The van der Waals surface area contributed by atoms with E-state index in [1.807, 2.05) is 0 Å². The van der Waals surface area contributed by atoms with E-state index in [9.17, 15) is 0 Å². The number of benzene rings is 6. The van der Waals surface area contributed by atoms with Crippen molar-refractivity contribution >= 4 is 38.6 Å². The average molecular weight is 422 g/mol. The van der Waals surface area contributed by atoms with Crippen molar-refractivity contribution in [3.63, 3.8) is 0 Å². The van der Waals surface area contributed by atoms with Crippen molar-refractivity contribution < 1.29 is 0 Å². The number of hydrogen-bond donors (Lipinski definition) is 0. The molecule has 0 spiro atoms. The third-order valence-corrected chi connectivity index (χ3v) is 6.25. The summed E-state index contributed by atoms with van der Waals surface area (Å²) in [6.45, 7) is 0. The highest BCUT2D eigenvalue weighted by Crippen LogP contribution is 2.41. The largest absolute Gasteiger partial charge is 0.310 e. The molecule has 0 bridgehead atoms. The van der Waals surface area contributed by atoms with Gasteiger partial charge < -0.3 is 4.90 Å². The van der Waals surface area contributed by atoms with Gasteiger partial charge in [0, 0.05) is 16.8 Å². The molecule has 0 atom stereocenters. The number of fused-ring (bicyclic) bond motifs is 3. The van der Waals surface area contributed by atoms with Gasteiger partial charge in [-0.1, -0.05) is 109 Å². The van der Waals surface area contributed by atoms with Crippen molar-refractivity contribution in [2.45, 2.75) is 0 Å². The van der Waals surface area contributed by atoms with Gasteiger partial charge in [-0.25, -0.2) is 0 Å². The zero-order chi connectivity index (χ0) is 22.0. The molecule has 0 saturated carbocycles. The van der Waals surface area contributed by atoms with Gasteiger partial charge in [-0.2, -0.15) is 0 Å². The first kappa shape index (κ1) is 19.3. The molecule has 6 aromatic carbocycles. The lowest BCUT2D eigenvalue weighted by Gasteiger charge is -2.27. The summed E-state index contributed by atoms with van der Waals surface area (Å²) in [5, 5.41) is 5.05. The number of hydrogen-bond acceptors (Lipinski definition) is 1. The monoisotopic (exact) mass is 421 g/mol. The van der Waals surface area contributed by atoms with Crippen LogP contribution in [0.25, 0.3) is 32.7 Å². The lowest BCUT2D eigenvalue weighted by atomic mass is 9.94. The summed E-state index contributed by atoms with van der Waals surface area (Å²) in [6.07, 6.45) is 0. The molecule has 0 amide bonds. The Kier molecular flexibility index (Phi) is 4.86. The van der Waals surface area contributed by atoms with Gasteiger partial charge in [-0.3, -0.25) is 0 Å². The Morgan fingerprint density at radius 1 is 0.333 bits per heavy atom. The van der Waals surface area contributed by atoms with E-state index in [-0.39, 0.29) is 0 Å². The third-order valence-electron chi connectivity index (χ3n) is 6.25. The fourth-order valence-electron chi connectivity index (χ4n) is 4.76. The van der Waals surface area contributed by atoms with Crippen LogP contribution in [0.2, 0.25) is 0 Å². The van der Waals surface area contributed by atoms with E-state index in [1.54, 1.807) is 0 Å². The number of nitrogens with zero attached hydrogens (tertiary/aromatic N) is 1. The summed E-state index contributed by atoms with van der Waals surface area (Å²) < 4.78 is 0. The molecule has 0 unspecified atom stereocenters. The Bertz CT molecular complexity index is 1500. The average Bonchev–Trinajstić information content (AvgIpc) is 2.90. The van der Waals surface area contributed by atoms with Gasteiger partial charge >= 0.3 is 0 Å². The quantitative estimate of drug-likeness (QED) is 0.256. The Balaban J connectivity index is 1.62. The maximum absolute atomic E-state index is 2.34. The second-order valence-electron chi connectivity index (χ2n) is 8.21. The fraction of sp³-hybridized carbons (Fsp3) is 0. The molecule has 33 heavy (non-hydrogen) atoms. The van der Waals surface area contributed by atoms with Crippen molar-refractivity contribution in [2.24, 2.45) is 0 Å². The van der Waals surface area contributed by atoms with Crippen LogP contribution in [0.15, 0.2) is 140 Å². The first-order valence-corrected chi connectivity index (χ1v) is 11.3. The normalized spacial score (nSPS) is 11.0. The van der Waals surface area contributed by atoms with Crippen molar-refractivity contribution in [3.05, 3.63) is 140 Å². The highest BCUT2D eigenvalue weighted by atomic mass is 15.1. The number of anilines is 3. The summed E-state index contributed by atoms with van der Waals surface area (Å²) in [6, 6.07) is 49.6. The minimum Gasteiger partial charge on any atom is -0.310 e. The second-order valence-corrected chi connectivity index (χ2v) is 8.21. The fourth-order valence-corrected chi connectivity index (χ4v) is 4.76. The molecule has 0 N–H and O–H groups in total.